The summed E-state index contributed by atoms with van der Waals surface area (Å²) >= 11 is 0. The number of benzene rings is 1. The van der Waals surface area contributed by atoms with Crippen LogP contribution in [0, 0.1) is 5.82 Å². The lowest BCUT2D eigenvalue weighted by atomic mass is 10.3. The van der Waals surface area contributed by atoms with E-state index >= 15 is 0 Å². The second-order valence-corrected chi connectivity index (χ2v) is 2.26. The van der Waals surface area contributed by atoms with Gasteiger partial charge in [-0.1, -0.05) is 6.07 Å². The summed E-state index contributed by atoms with van der Waals surface area (Å²) in [5.74, 6) is -0.717. The quantitative estimate of drug-likeness (QED) is 0.683. The Balaban J connectivity index is 2.69. The van der Waals surface area contributed by atoms with E-state index in [9.17, 15) is 9.18 Å². The lowest BCUT2D eigenvalue weighted by Gasteiger charge is -2.01. The van der Waals surface area contributed by atoms with E-state index in [1.165, 1.54) is 18.2 Å². The van der Waals surface area contributed by atoms with Gasteiger partial charge in [-0.15, -0.1) is 0 Å². The maximum atomic E-state index is 12.5. The first kappa shape index (κ1) is 8.67. The molecule has 1 amide bonds. The SMILES string of the molecule is NCC(=O)Nc1cccc(F)c1. The molecule has 0 bridgehead atoms. The largest absolute Gasteiger partial charge is 0.325 e. The fourth-order valence-corrected chi connectivity index (χ4v) is 0.778. The number of hydrogen-bond acceptors (Lipinski definition) is 2. The molecule has 1 aromatic carbocycles. The molecule has 0 unspecified atom stereocenters. The normalized spacial score (nSPS) is 9.50. The van der Waals surface area contributed by atoms with Gasteiger partial charge in [-0.3, -0.25) is 4.79 Å². The fourth-order valence-electron chi connectivity index (χ4n) is 0.778. The predicted molar refractivity (Wildman–Crippen MR) is 44.1 cm³/mol. The number of rotatable bonds is 2. The maximum absolute atomic E-state index is 12.5. The van der Waals surface area contributed by atoms with E-state index in [1.54, 1.807) is 6.07 Å². The van der Waals surface area contributed by atoms with Gasteiger partial charge in [0.2, 0.25) is 5.91 Å². The standard InChI is InChI=1S/C8H9FN2O/c9-6-2-1-3-7(4-6)11-8(12)5-10/h1-4H,5,10H2,(H,11,12). The molecule has 0 spiro atoms. The van der Waals surface area contributed by atoms with Crippen LogP contribution in [0.2, 0.25) is 0 Å². The fraction of sp³-hybridized carbons (Fsp3) is 0.125. The number of anilines is 1. The number of hydrogen-bond donors (Lipinski definition) is 2. The minimum absolute atomic E-state index is 0.101. The van der Waals surface area contributed by atoms with Gasteiger partial charge in [-0.25, -0.2) is 4.39 Å². The molecule has 0 atom stereocenters. The number of halogens is 1. The zero-order valence-electron chi connectivity index (χ0n) is 6.38. The van der Waals surface area contributed by atoms with Crippen LogP contribution < -0.4 is 11.1 Å². The van der Waals surface area contributed by atoms with Crippen molar-refractivity contribution >= 4 is 11.6 Å². The molecule has 0 aliphatic carbocycles. The first-order valence-electron chi connectivity index (χ1n) is 3.48. The molecule has 1 rings (SSSR count). The molecular formula is C8H9FN2O. The third-order valence-corrected chi connectivity index (χ3v) is 1.29. The molecule has 64 valence electrons. The van der Waals surface area contributed by atoms with Crippen molar-refractivity contribution in [2.45, 2.75) is 0 Å². The topological polar surface area (TPSA) is 55.1 Å². The second-order valence-electron chi connectivity index (χ2n) is 2.26. The van der Waals surface area contributed by atoms with Gasteiger partial charge < -0.3 is 11.1 Å². The molecule has 0 aromatic heterocycles. The number of carbonyl (C=O) groups excluding carboxylic acids is 1. The second kappa shape index (κ2) is 3.82. The minimum atomic E-state index is -0.384. The smallest absolute Gasteiger partial charge is 0.238 e. The van der Waals surface area contributed by atoms with Crippen molar-refractivity contribution in [3.8, 4) is 0 Å². The van der Waals surface area contributed by atoms with Crippen LogP contribution in [0.25, 0.3) is 0 Å². The Morgan fingerprint density at radius 2 is 2.33 bits per heavy atom. The Morgan fingerprint density at radius 1 is 1.58 bits per heavy atom. The maximum Gasteiger partial charge on any atom is 0.238 e. The van der Waals surface area contributed by atoms with Crippen LogP contribution in [-0.4, -0.2) is 12.5 Å². The molecule has 12 heavy (non-hydrogen) atoms. The van der Waals surface area contributed by atoms with Gasteiger partial charge in [0.05, 0.1) is 6.54 Å². The van der Waals surface area contributed by atoms with Gasteiger partial charge in [0.25, 0.3) is 0 Å². The lowest BCUT2D eigenvalue weighted by molar-refractivity contribution is -0.114. The number of nitrogens with one attached hydrogen (secondary N) is 1. The Morgan fingerprint density at radius 3 is 2.92 bits per heavy atom. The molecule has 0 saturated heterocycles. The van der Waals surface area contributed by atoms with Crippen molar-refractivity contribution < 1.29 is 9.18 Å². The Kier molecular flexibility index (Phi) is 2.76. The Hall–Kier alpha value is -1.42. The average molecular weight is 168 g/mol. The van der Waals surface area contributed by atoms with Crippen molar-refractivity contribution in [1.82, 2.24) is 0 Å². The number of nitrogens with two attached hydrogens (primary N) is 1. The first-order chi connectivity index (χ1) is 5.72. The third kappa shape index (κ3) is 2.32. The summed E-state index contributed by atoms with van der Waals surface area (Å²) in [7, 11) is 0. The summed E-state index contributed by atoms with van der Waals surface area (Å²) in [4.78, 5) is 10.7. The third-order valence-electron chi connectivity index (χ3n) is 1.29. The van der Waals surface area contributed by atoms with Crippen molar-refractivity contribution in [2.24, 2.45) is 5.73 Å². The highest BCUT2D eigenvalue weighted by Crippen LogP contribution is 2.08. The van der Waals surface area contributed by atoms with Crippen LogP contribution in [-0.2, 0) is 4.79 Å². The van der Waals surface area contributed by atoms with Gasteiger partial charge in [0.1, 0.15) is 5.82 Å². The molecule has 3 nitrogen and oxygen atoms in total. The molecule has 0 heterocycles. The van der Waals surface area contributed by atoms with Gasteiger partial charge >= 0.3 is 0 Å². The van der Waals surface area contributed by atoms with E-state index < -0.39 is 0 Å². The number of carbonyl (C=O) groups is 1. The summed E-state index contributed by atoms with van der Waals surface area (Å²) < 4.78 is 12.5. The van der Waals surface area contributed by atoms with Gasteiger partial charge in [0.15, 0.2) is 0 Å². The highest BCUT2D eigenvalue weighted by molar-refractivity contribution is 5.91. The van der Waals surface area contributed by atoms with Crippen LogP contribution in [0.5, 0.6) is 0 Å². The molecule has 0 aliphatic rings. The summed E-state index contributed by atoms with van der Waals surface area (Å²) in [6.07, 6.45) is 0. The zero-order chi connectivity index (χ0) is 8.97. The zero-order valence-corrected chi connectivity index (χ0v) is 6.38. The molecule has 0 saturated carbocycles. The van der Waals surface area contributed by atoms with Crippen molar-refractivity contribution in [3.63, 3.8) is 0 Å². The molecule has 0 fully saturated rings. The lowest BCUT2D eigenvalue weighted by Crippen LogP contribution is -2.21. The van der Waals surface area contributed by atoms with E-state index in [0.717, 1.165) is 0 Å². The van der Waals surface area contributed by atoms with E-state index in [2.05, 4.69) is 5.32 Å². The highest BCUT2D eigenvalue weighted by Gasteiger charge is 1.98. The van der Waals surface area contributed by atoms with Crippen molar-refractivity contribution in [2.75, 3.05) is 11.9 Å². The molecule has 0 radical (unpaired) electrons. The van der Waals surface area contributed by atoms with Crippen molar-refractivity contribution in [1.29, 1.82) is 0 Å². The van der Waals surface area contributed by atoms with Crippen molar-refractivity contribution in [3.05, 3.63) is 30.1 Å². The van der Waals surface area contributed by atoms with Crippen LogP contribution in [0.3, 0.4) is 0 Å². The molecule has 3 N–H and O–H groups in total. The van der Waals surface area contributed by atoms with Gasteiger partial charge in [-0.05, 0) is 18.2 Å². The molecule has 0 aliphatic heterocycles. The molecule has 1 aromatic rings. The van der Waals surface area contributed by atoms with Gasteiger partial charge in [0, 0.05) is 5.69 Å². The molecule has 4 heteroatoms. The van der Waals surface area contributed by atoms with Crippen LogP contribution in [0.15, 0.2) is 24.3 Å². The summed E-state index contributed by atoms with van der Waals surface area (Å²) in [5.41, 5.74) is 5.47. The molecular weight excluding hydrogens is 159 g/mol. The summed E-state index contributed by atoms with van der Waals surface area (Å²) in [6, 6.07) is 5.64. The van der Waals surface area contributed by atoms with E-state index in [0.29, 0.717) is 5.69 Å². The van der Waals surface area contributed by atoms with Crippen LogP contribution in [0.1, 0.15) is 0 Å². The van der Waals surface area contributed by atoms with E-state index in [-0.39, 0.29) is 18.3 Å². The van der Waals surface area contributed by atoms with Crippen LogP contribution in [0.4, 0.5) is 10.1 Å². The number of amides is 1. The van der Waals surface area contributed by atoms with Gasteiger partial charge in [-0.2, -0.15) is 0 Å². The monoisotopic (exact) mass is 168 g/mol. The average Bonchev–Trinajstić information content (AvgIpc) is 2.04. The van der Waals surface area contributed by atoms with Crippen LogP contribution >= 0.6 is 0 Å². The highest BCUT2D eigenvalue weighted by atomic mass is 19.1. The summed E-state index contributed by atoms with van der Waals surface area (Å²) in [6.45, 7) is -0.101. The summed E-state index contributed by atoms with van der Waals surface area (Å²) in [5, 5.41) is 2.43. The van der Waals surface area contributed by atoms with E-state index in [1.807, 2.05) is 0 Å². The van der Waals surface area contributed by atoms with E-state index in [4.69, 9.17) is 5.73 Å². The Labute approximate surface area is 69.4 Å². The minimum Gasteiger partial charge on any atom is -0.325 e. The first-order valence-corrected chi connectivity index (χ1v) is 3.48. The Bertz CT molecular complexity index is 288. The predicted octanol–water partition coefficient (Wildman–Crippen LogP) is 0.723.